The first kappa shape index (κ1) is 13.1. The van der Waals surface area contributed by atoms with Gasteiger partial charge in [-0.2, -0.15) is 0 Å². The first-order valence-corrected chi connectivity index (χ1v) is 7.85. The molecular weight excluding hydrogens is 318 g/mol. The van der Waals surface area contributed by atoms with Gasteiger partial charge in [-0.25, -0.2) is 0 Å². The second-order valence-corrected chi connectivity index (χ2v) is 7.14. The van der Waals surface area contributed by atoms with E-state index >= 15 is 0 Å². The summed E-state index contributed by atoms with van der Waals surface area (Å²) in [4.78, 5) is 1.18. The Hall–Kier alpha value is -0.300. The summed E-state index contributed by atoms with van der Waals surface area (Å²) in [6, 6.07) is 2.46. The van der Waals surface area contributed by atoms with Crippen LogP contribution in [0.3, 0.4) is 0 Å². The van der Waals surface area contributed by atoms with Crippen LogP contribution in [-0.4, -0.2) is 17.2 Å². The van der Waals surface area contributed by atoms with Crippen molar-refractivity contribution in [3.63, 3.8) is 0 Å². The molecule has 0 saturated heterocycles. The van der Waals surface area contributed by atoms with Gasteiger partial charge in [0.2, 0.25) is 0 Å². The maximum absolute atomic E-state index is 4.28. The number of halogens is 1. The van der Waals surface area contributed by atoms with Crippen molar-refractivity contribution in [1.82, 2.24) is 15.5 Å². The largest absolute Gasteiger partial charge is 0.311 e. The Morgan fingerprint density at radius 2 is 2.18 bits per heavy atom. The molecule has 3 nitrogen and oxygen atoms in total. The van der Waals surface area contributed by atoms with Crippen molar-refractivity contribution in [3.8, 4) is 9.88 Å². The fourth-order valence-corrected chi connectivity index (χ4v) is 4.15. The normalized spacial score (nSPS) is 12.9. The zero-order valence-electron chi connectivity index (χ0n) is 9.95. The van der Waals surface area contributed by atoms with E-state index in [0.29, 0.717) is 6.04 Å². The van der Waals surface area contributed by atoms with Crippen molar-refractivity contribution in [2.45, 2.75) is 26.3 Å². The van der Waals surface area contributed by atoms with Crippen LogP contribution in [0, 0.1) is 6.92 Å². The SMILES string of the molecule is CCC(NC)c1nnc(-c2cc(C)c(Br)s2)s1. The van der Waals surface area contributed by atoms with E-state index in [0.717, 1.165) is 16.4 Å². The second-order valence-electron chi connectivity index (χ2n) is 3.76. The van der Waals surface area contributed by atoms with E-state index < -0.39 is 0 Å². The van der Waals surface area contributed by atoms with Crippen LogP contribution in [0.4, 0.5) is 0 Å². The molecule has 2 aromatic heterocycles. The van der Waals surface area contributed by atoms with Crippen LogP contribution >= 0.6 is 38.6 Å². The van der Waals surface area contributed by atoms with Crippen LogP contribution in [0.15, 0.2) is 9.85 Å². The summed E-state index contributed by atoms with van der Waals surface area (Å²) in [6.07, 6.45) is 1.03. The Balaban J connectivity index is 2.29. The predicted molar refractivity (Wildman–Crippen MR) is 77.8 cm³/mol. The van der Waals surface area contributed by atoms with Crippen molar-refractivity contribution < 1.29 is 0 Å². The fraction of sp³-hybridized carbons (Fsp3) is 0.455. The van der Waals surface area contributed by atoms with Gasteiger partial charge in [-0.3, -0.25) is 0 Å². The summed E-state index contributed by atoms with van der Waals surface area (Å²) >= 11 is 6.92. The third kappa shape index (κ3) is 2.76. The van der Waals surface area contributed by atoms with E-state index in [4.69, 9.17) is 0 Å². The maximum Gasteiger partial charge on any atom is 0.157 e. The van der Waals surface area contributed by atoms with E-state index in [2.05, 4.69) is 51.4 Å². The molecule has 2 aromatic rings. The smallest absolute Gasteiger partial charge is 0.157 e. The summed E-state index contributed by atoms with van der Waals surface area (Å²) in [6.45, 7) is 4.24. The highest BCUT2D eigenvalue weighted by molar-refractivity contribution is 9.11. The number of nitrogens with one attached hydrogen (secondary N) is 1. The quantitative estimate of drug-likeness (QED) is 0.919. The van der Waals surface area contributed by atoms with Gasteiger partial charge < -0.3 is 5.32 Å². The minimum absolute atomic E-state index is 0.311. The molecule has 0 spiro atoms. The first-order chi connectivity index (χ1) is 8.15. The van der Waals surface area contributed by atoms with E-state index in [9.17, 15) is 0 Å². The predicted octanol–water partition coefficient (Wildman–Crippen LogP) is 4.01. The van der Waals surface area contributed by atoms with Crippen LogP contribution in [0.25, 0.3) is 9.88 Å². The topological polar surface area (TPSA) is 37.8 Å². The number of hydrogen-bond acceptors (Lipinski definition) is 5. The Morgan fingerprint density at radius 3 is 2.71 bits per heavy atom. The molecule has 0 aliphatic carbocycles. The summed E-state index contributed by atoms with van der Waals surface area (Å²) in [5, 5.41) is 13.9. The van der Waals surface area contributed by atoms with Crippen molar-refractivity contribution in [1.29, 1.82) is 0 Å². The fourth-order valence-electron chi connectivity index (χ4n) is 1.54. The summed E-state index contributed by atoms with van der Waals surface area (Å²) < 4.78 is 1.17. The summed E-state index contributed by atoms with van der Waals surface area (Å²) in [5.41, 5.74) is 1.25. The van der Waals surface area contributed by atoms with Crippen molar-refractivity contribution in [3.05, 3.63) is 20.4 Å². The van der Waals surface area contributed by atoms with Gasteiger partial charge in [0.1, 0.15) is 5.01 Å². The van der Waals surface area contributed by atoms with Gasteiger partial charge >= 0.3 is 0 Å². The number of hydrogen-bond donors (Lipinski definition) is 1. The van der Waals surface area contributed by atoms with Gasteiger partial charge in [-0.05, 0) is 48.0 Å². The van der Waals surface area contributed by atoms with Crippen molar-refractivity contribution in [2.75, 3.05) is 7.05 Å². The zero-order valence-corrected chi connectivity index (χ0v) is 13.2. The van der Waals surface area contributed by atoms with Gasteiger partial charge in [0.15, 0.2) is 5.01 Å². The lowest BCUT2D eigenvalue weighted by Gasteiger charge is -2.07. The van der Waals surface area contributed by atoms with Gasteiger partial charge in [0.25, 0.3) is 0 Å². The van der Waals surface area contributed by atoms with E-state index in [1.54, 1.807) is 22.7 Å². The molecular formula is C11H14BrN3S2. The number of aromatic nitrogens is 2. The van der Waals surface area contributed by atoms with Crippen LogP contribution in [0.1, 0.15) is 30.0 Å². The Kier molecular flexibility index (Phi) is 4.30. The van der Waals surface area contributed by atoms with E-state index in [1.807, 2.05) is 7.05 Å². The lowest BCUT2D eigenvalue weighted by atomic mass is 10.2. The molecule has 1 unspecified atom stereocenters. The van der Waals surface area contributed by atoms with E-state index in [-0.39, 0.29) is 0 Å². The van der Waals surface area contributed by atoms with Crippen LogP contribution < -0.4 is 5.32 Å². The Labute approximate surface area is 117 Å². The molecule has 1 atom stereocenters. The molecule has 1 N–H and O–H groups in total. The molecule has 6 heteroatoms. The third-order valence-electron chi connectivity index (χ3n) is 2.56. The third-order valence-corrected chi connectivity index (χ3v) is 5.91. The van der Waals surface area contributed by atoms with Crippen molar-refractivity contribution in [2.24, 2.45) is 0 Å². The summed E-state index contributed by atoms with van der Waals surface area (Å²) in [5.74, 6) is 0. The molecule has 0 bridgehead atoms. The molecule has 2 heterocycles. The average Bonchev–Trinajstić information content (AvgIpc) is 2.89. The Morgan fingerprint density at radius 1 is 1.41 bits per heavy atom. The molecule has 0 aromatic carbocycles. The van der Waals surface area contributed by atoms with E-state index in [1.165, 1.54) is 14.2 Å². The number of nitrogens with zero attached hydrogens (tertiary/aromatic N) is 2. The first-order valence-electron chi connectivity index (χ1n) is 5.42. The van der Waals surface area contributed by atoms with Gasteiger partial charge in [0, 0.05) is 0 Å². The summed E-state index contributed by atoms with van der Waals surface area (Å²) in [7, 11) is 1.96. The molecule has 0 aliphatic rings. The molecule has 0 fully saturated rings. The molecule has 17 heavy (non-hydrogen) atoms. The average molecular weight is 332 g/mol. The highest BCUT2D eigenvalue weighted by atomic mass is 79.9. The lowest BCUT2D eigenvalue weighted by Crippen LogP contribution is -2.14. The molecule has 92 valence electrons. The number of rotatable bonds is 4. The molecule has 2 rings (SSSR count). The number of thiophene rings is 1. The van der Waals surface area contributed by atoms with Crippen LogP contribution in [0.5, 0.6) is 0 Å². The van der Waals surface area contributed by atoms with Crippen LogP contribution in [0.2, 0.25) is 0 Å². The Bertz CT molecular complexity index is 483. The van der Waals surface area contributed by atoms with Crippen LogP contribution in [-0.2, 0) is 0 Å². The standard InChI is InChI=1S/C11H14BrN3S2/c1-4-7(13-3)10-14-15-11(17-10)8-5-6(2)9(12)16-8/h5,7,13H,4H2,1-3H3. The number of aryl methyl sites for hydroxylation is 1. The zero-order chi connectivity index (χ0) is 12.4. The minimum Gasteiger partial charge on any atom is -0.311 e. The van der Waals surface area contributed by atoms with Crippen molar-refractivity contribution >= 4 is 38.6 Å². The maximum atomic E-state index is 4.28. The molecule has 0 amide bonds. The molecule has 0 radical (unpaired) electrons. The second kappa shape index (κ2) is 5.56. The molecule has 0 aliphatic heterocycles. The van der Waals surface area contributed by atoms with Gasteiger partial charge in [-0.1, -0.05) is 18.3 Å². The molecule has 0 saturated carbocycles. The highest BCUT2D eigenvalue weighted by Crippen LogP contribution is 2.37. The van der Waals surface area contributed by atoms with Gasteiger partial charge in [0.05, 0.1) is 14.7 Å². The van der Waals surface area contributed by atoms with Gasteiger partial charge in [-0.15, -0.1) is 21.5 Å². The minimum atomic E-state index is 0.311. The monoisotopic (exact) mass is 331 g/mol. The lowest BCUT2D eigenvalue weighted by molar-refractivity contribution is 0.568. The highest BCUT2D eigenvalue weighted by Gasteiger charge is 2.15.